The van der Waals surface area contributed by atoms with Crippen molar-refractivity contribution in [3.63, 3.8) is 0 Å². The molecule has 0 radical (unpaired) electrons. The summed E-state index contributed by atoms with van der Waals surface area (Å²) in [5, 5.41) is 26.8. The number of para-hydroxylation sites is 3. The standard InChI is InChI=1S/C35H36F3N3O10/c1-22-29(30(23-9-8-10-24(19-23)41(45)46)31(33(43)47-2)32(40-22)35(36,37)38)34(44)50-18-17-49-28-14-7-6-13-27(28)48-16-15-39-20-25(42)21-51-26-11-4-3-5-12-26/h3-14,19,25,30,39-40,42H,15-18,20-21H2,1-2H3. The van der Waals surface area contributed by atoms with Crippen molar-refractivity contribution >= 4 is 17.6 Å². The number of rotatable bonds is 17. The fraction of sp³-hybridized carbons (Fsp3) is 0.314. The lowest BCUT2D eigenvalue weighted by molar-refractivity contribution is -0.384. The van der Waals surface area contributed by atoms with Crippen LogP contribution in [0.5, 0.6) is 17.2 Å². The fourth-order valence-electron chi connectivity index (χ4n) is 5.13. The van der Waals surface area contributed by atoms with Crippen LogP contribution in [0.4, 0.5) is 18.9 Å². The third kappa shape index (κ3) is 10.4. The molecule has 1 aliphatic heterocycles. The molecule has 272 valence electrons. The SMILES string of the molecule is COC(=O)C1=C(C(F)(F)F)NC(C)=C(C(=O)OCCOc2ccccc2OCCNCC(O)COc2ccccc2)C1c1cccc([N+](=O)[O-])c1. The topological polar surface area (TPSA) is 168 Å². The van der Waals surface area contributed by atoms with Crippen molar-refractivity contribution in [2.75, 3.05) is 46.6 Å². The maximum Gasteiger partial charge on any atom is 0.431 e. The fourth-order valence-corrected chi connectivity index (χ4v) is 5.13. The molecule has 1 heterocycles. The van der Waals surface area contributed by atoms with Gasteiger partial charge in [-0.05, 0) is 36.8 Å². The van der Waals surface area contributed by atoms with Crippen molar-refractivity contribution in [2.24, 2.45) is 0 Å². The van der Waals surface area contributed by atoms with Gasteiger partial charge in [-0.15, -0.1) is 0 Å². The smallest absolute Gasteiger partial charge is 0.431 e. The molecule has 51 heavy (non-hydrogen) atoms. The molecule has 3 aromatic carbocycles. The number of carbonyl (C=O) groups is 2. The van der Waals surface area contributed by atoms with Gasteiger partial charge in [-0.2, -0.15) is 13.2 Å². The number of nitrogens with zero attached hydrogens (tertiary/aromatic N) is 1. The Morgan fingerprint density at radius 1 is 0.922 bits per heavy atom. The van der Waals surface area contributed by atoms with E-state index in [1.807, 2.05) is 18.2 Å². The molecule has 3 N–H and O–H groups in total. The Kier molecular flexibility index (Phi) is 13.4. The van der Waals surface area contributed by atoms with Crippen LogP contribution in [0, 0.1) is 10.1 Å². The molecule has 0 saturated carbocycles. The number of esters is 2. The van der Waals surface area contributed by atoms with Gasteiger partial charge in [0.15, 0.2) is 11.5 Å². The molecule has 0 aromatic heterocycles. The summed E-state index contributed by atoms with van der Waals surface area (Å²) >= 11 is 0. The molecule has 0 saturated heterocycles. The van der Waals surface area contributed by atoms with Gasteiger partial charge in [-0.25, -0.2) is 9.59 Å². The minimum atomic E-state index is -5.07. The molecule has 13 nitrogen and oxygen atoms in total. The Balaban J connectivity index is 1.36. The monoisotopic (exact) mass is 715 g/mol. The molecule has 3 aromatic rings. The summed E-state index contributed by atoms with van der Waals surface area (Å²) in [6, 6.07) is 20.4. The second kappa shape index (κ2) is 17.9. The number of ether oxygens (including phenoxy) is 5. The molecule has 16 heteroatoms. The summed E-state index contributed by atoms with van der Waals surface area (Å²) in [7, 11) is 0.876. The summed E-state index contributed by atoms with van der Waals surface area (Å²) < 4.78 is 69.5. The van der Waals surface area contributed by atoms with Crippen LogP contribution in [0.1, 0.15) is 18.4 Å². The first kappa shape index (κ1) is 38.2. The number of hydrogen-bond donors (Lipinski definition) is 3. The molecular weight excluding hydrogens is 679 g/mol. The van der Waals surface area contributed by atoms with E-state index >= 15 is 0 Å². The minimum absolute atomic E-state index is 0.111. The molecule has 0 amide bonds. The van der Waals surface area contributed by atoms with Crippen LogP contribution in [0.25, 0.3) is 0 Å². The molecule has 0 fully saturated rings. The number of aliphatic hydroxyl groups excluding tert-OH is 1. The van der Waals surface area contributed by atoms with Crippen molar-refractivity contribution in [1.29, 1.82) is 0 Å². The van der Waals surface area contributed by atoms with Gasteiger partial charge in [0.25, 0.3) is 5.69 Å². The van der Waals surface area contributed by atoms with Crippen molar-refractivity contribution < 1.29 is 56.5 Å². The number of alkyl halides is 3. The highest BCUT2D eigenvalue weighted by Gasteiger charge is 2.47. The lowest BCUT2D eigenvalue weighted by atomic mass is 9.80. The van der Waals surface area contributed by atoms with E-state index in [-0.39, 0.29) is 49.8 Å². The van der Waals surface area contributed by atoms with E-state index in [9.17, 15) is 38.0 Å². The van der Waals surface area contributed by atoms with Gasteiger partial charge in [0.05, 0.1) is 29.1 Å². The first-order valence-electron chi connectivity index (χ1n) is 15.6. The van der Waals surface area contributed by atoms with Crippen molar-refractivity contribution in [2.45, 2.75) is 25.1 Å². The highest BCUT2D eigenvalue weighted by Crippen LogP contribution is 2.44. The maximum absolute atomic E-state index is 14.1. The maximum atomic E-state index is 14.1. The van der Waals surface area contributed by atoms with Gasteiger partial charge < -0.3 is 39.4 Å². The molecule has 2 unspecified atom stereocenters. The second-order valence-electron chi connectivity index (χ2n) is 11.0. The van der Waals surface area contributed by atoms with Gasteiger partial charge >= 0.3 is 18.1 Å². The minimum Gasteiger partial charge on any atom is -0.491 e. The van der Waals surface area contributed by atoms with E-state index in [0.29, 0.717) is 23.8 Å². The van der Waals surface area contributed by atoms with Crippen molar-refractivity contribution in [1.82, 2.24) is 10.6 Å². The van der Waals surface area contributed by atoms with E-state index in [2.05, 4.69) is 15.4 Å². The van der Waals surface area contributed by atoms with Crippen LogP contribution in [0.2, 0.25) is 0 Å². The molecule has 0 spiro atoms. The molecule has 4 rings (SSSR count). The van der Waals surface area contributed by atoms with Gasteiger partial charge in [0.2, 0.25) is 0 Å². The van der Waals surface area contributed by atoms with E-state index in [0.717, 1.165) is 19.2 Å². The first-order valence-corrected chi connectivity index (χ1v) is 15.6. The number of benzene rings is 3. The Hall–Kier alpha value is -5.61. The number of nitrogens with one attached hydrogen (secondary N) is 2. The van der Waals surface area contributed by atoms with Crippen molar-refractivity contribution in [3.8, 4) is 17.2 Å². The third-order valence-electron chi connectivity index (χ3n) is 7.41. The Morgan fingerprint density at radius 3 is 2.24 bits per heavy atom. The molecule has 1 aliphatic rings. The molecule has 0 bridgehead atoms. The number of halogens is 3. The summed E-state index contributed by atoms with van der Waals surface area (Å²) in [4.78, 5) is 36.9. The number of hydrogen-bond acceptors (Lipinski definition) is 12. The zero-order valence-corrected chi connectivity index (χ0v) is 27.6. The average Bonchev–Trinajstić information content (AvgIpc) is 3.12. The summed E-state index contributed by atoms with van der Waals surface area (Å²) in [5.74, 6) is -2.85. The van der Waals surface area contributed by atoms with Crippen LogP contribution in [0.15, 0.2) is 101 Å². The lowest BCUT2D eigenvalue weighted by Crippen LogP contribution is -2.38. The van der Waals surface area contributed by atoms with Gasteiger partial charge in [-0.1, -0.05) is 42.5 Å². The van der Waals surface area contributed by atoms with E-state index in [4.69, 9.17) is 18.9 Å². The molecular formula is C35H36F3N3O10. The number of carbonyl (C=O) groups excluding carboxylic acids is 2. The largest absolute Gasteiger partial charge is 0.491 e. The summed E-state index contributed by atoms with van der Waals surface area (Å²) in [5.41, 5.74) is -3.69. The summed E-state index contributed by atoms with van der Waals surface area (Å²) in [6.07, 6.45) is -5.82. The Bertz CT molecular complexity index is 1750. The molecule has 0 aliphatic carbocycles. The lowest BCUT2D eigenvalue weighted by Gasteiger charge is -2.31. The van der Waals surface area contributed by atoms with E-state index < -0.39 is 52.0 Å². The molecule has 2 atom stereocenters. The first-order chi connectivity index (χ1) is 24.4. The zero-order chi connectivity index (χ0) is 37.0. The highest BCUT2D eigenvalue weighted by molar-refractivity contribution is 6.00. The van der Waals surface area contributed by atoms with Crippen LogP contribution < -0.4 is 24.8 Å². The number of allylic oxidation sites excluding steroid dienone is 2. The van der Waals surface area contributed by atoms with Crippen LogP contribution in [-0.2, 0) is 19.1 Å². The predicted octanol–water partition coefficient (Wildman–Crippen LogP) is 4.58. The van der Waals surface area contributed by atoms with Crippen LogP contribution in [0.3, 0.4) is 0 Å². The van der Waals surface area contributed by atoms with Gasteiger partial charge in [0.1, 0.15) is 44.0 Å². The quantitative estimate of drug-likeness (QED) is 0.0772. The number of nitro groups is 1. The number of aliphatic hydroxyl groups is 1. The number of nitro benzene ring substituents is 1. The van der Waals surface area contributed by atoms with Crippen molar-refractivity contribution in [3.05, 3.63) is 117 Å². The van der Waals surface area contributed by atoms with E-state index in [1.165, 1.54) is 19.1 Å². The number of dihydropyridines is 1. The van der Waals surface area contributed by atoms with Crippen LogP contribution in [-0.4, -0.2) is 80.9 Å². The van der Waals surface area contributed by atoms with Crippen LogP contribution >= 0.6 is 0 Å². The van der Waals surface area contributed by atoms with E-state index in [1.54, 1.807) is 36.4 Å². The highest BCUT2D eigenvalue weighted by atomic mass is 19.4. The zero-order valence-electron chi connectivity index (χ0n) is 27.6. The number of non-ortho nitro benzene ring substituents is 1. The van der Waals surface area contributed by atoms with Gasteiger partial charge in [-0.3, -0.25) is 10.1 Å². The third-order valence-corrected chi connectivity index (χ3v) is 7.41. The number of methoxy groups -OCH3 is 1. The average molecular weight is 716 g/mol. The normalized spacial score (nSPS) is 15.1. The summed E-state index contributed by atoms with van der Waals surface area (Å²) in [6.45, 7) is 1.63. The Labute approximate surface area is 290 Å². The Morgan fingerprint density at radius 2 is 1.59 bits per heavy atom. The second-order valence-corrected chi connectivity index (χ2v) is 11.0. The van der Waals surface area contributed by atoms with Gasteiger partial charge in [0, 0.05) is 30.9 Å². The predicted molar refractivity (Wildman–Crippen MR) is 176 cm³/mol.